The van der Waals surface area contributed by atoms with Gasteiger partial charge in [-0.2, -0.15) is 0 Å². The van der Waals surface area contributed by atoms with Crippen molar-refractivity contribution in [3.8, 4) is 0 Å². The molecule has 0 aliphatic carbocycles. The second-order valence-corrected chi connectivity index (χ2v) is 7.56. The summed E-state index contributed by atoms with van der Waals surface area (Å²) in [6.45, 7) is 11.2. The summed E-state index contributed by atoms with van der Waals surface area (Å²) in [6, 6.07) is 0. The smallest absolute Gasteiger partial charge is 0.410 e. The Kier molecular flexibility index (Phi) is 7.54. The van der Waals surface area contributed by atoms with Gasteiger partial charge in [0.05, 0.1) is 0 Å². The van der Waals surface area contributed by atoms with Gasteiger partial charge in [0, 0.05) is 19.5 Å². The van der Waals surface area contributed by atoms with Gasteiger partial charge >= 0.3 is 12.1 Å². The van der Waals surface area contributed by atoms with Gasteiger partial charge in [-0.25, -0.2) is 4.79 Å². The zero-order chi connectivity index (χ0) is 17.1. The molecule has 1 unspecified atom stereocenters. The minimum absolute atomic E-state index is 0. The van der Waals surface area contributed by atoms with E-state index in [1.165, 1.54) is 4.90 Å². The molecule has 1 aliphatic heterocycles. The quantitative estimate of drug-likeness (QED) is 0.537. The van der Waals surface area contributed by atoms with Crippen molar-refractivity contribution in [2.45, 2.75) is 65.6 Å². The molecule has 0 aromatic heterocycles. The van der Waals surface area contributed by atoms with E-state index in [0.29, 0.717) is 6.54 Å². The third kappa shape index (κ3) is 7.68. The molecular formula is C16H28ClNO5. The summed E-state index contributed by atoms with van der Waals surface area (Å²) in [5, 5.41) is 0. The molecule has 1 saturated heterocycles. The summed E-state index contributed by atoms with van der Waals surface area (Å²) in [5.41, 5.74) is -1.22. The van der Waals surface area contributed by atoms with Crippen LogP contribution in [0.3, 0.4) is 0 Å². The Balaban J connectivity index is 0.00000484. The van der Waals surface area contributed by atoms with Crippen LogP contribution in [0.15, 0.2) is 0 Å². The Morgan fingerprint density at radius 2 is 1.52 bits per heavy atom. The zero-order valence-corrected chi connectivity index (χ0v) is 15.6. The first-order chi connectivity index (χ1) is 9.89. The number of likely N-dealkylation sites (tertiary alicyclic amines) is 1. The zero-order valence-electron chi connectivity index (χ0n) is 14.8. The molecule has 7 heteroatoms. The standard InChI is InChI=1S/C16H27NO5.ClH/c1-15(2,3)21-13(19)11-7-9-17(10-8-12(11)18)14(20)22-16(4,5)6;/h11H,7-10H2,1-6H3;1H. The number of ether oxygens (including phenoxy) is 2. The van der Waals surface area contributed by atoms with Crippen LogP contribution in [0, 0.1) is 5.92 Å². The van der Waals surface area contributed by atoms with Crippen LogP contribution in [0.25, 0.3) is 0 Å². The van der Waals surface area contributed by atoms with Gasteiger partial charge in [0.2, 0.25) is 0 Å². The Morgan fingerprint density at radius 3 is 2.00 bits per heavy atom. The Morgan fingerprint density at radius 1 is 1.00 bits per heavy atom. The van der Waals surface area contributed by atoms with Crippen LogP contribution >= 0.6 is 12.4 Å². The summed E-state index contributed by atoms with van der Waals surface area (Å²) in [6.07, 6.45) is -0.0407. The van der Waals surface area contributed by atoms with Gasteiger partial charge in [-0.15, -0.1) is 12.4 Å². The summed E-state index contributed by atoms with van der Waals surface area (Å²) in [7, 11) is 0. The van der Waals surface area contributed by atoms with E-state index in [4.69, 9.17) is 9.47 Å². The average Bonchev–Trinajstić information content (AvgIpc) is 2.46. The first-order valence-corrected chi connectivity index (χ1v) is 7.62. The van der Waals surface area contributed by atoms with Crippen LogP contribution in [0.5, 0.6) is 0 Å². The highest BCUT2D eigenvalue weighted by atomic mass is 35.5. The van der Waals surface area contributed by atoms with Crippen molar-refractivity contribution in [1.29, 1.82) is 0 Å². The second-order valence-electron chi connectivity index (χ2n) is 7.56. The molecule has 1 atom stereocenters. The van der Waals surface area contributed by atoms with E-state index in [-0.39, 0.29) is 37.6 Å². The third-order valence-corrected chi connectivity index (χ3v) is 3.05. The lowest BCUT2D eigenvalue weighted by molar-refractivity contribution is -0.162. The minimum Gasteiger partial charge on any atom is -0.459 e. The number of carbonyl (C=O) groups excluding carboxylic acids is 3. The molecule has 0 bridgehead atoms. The minimum atomic E-state index is -0.799. The lowest BCUT2D eigenvalue weighted by Gasteiger charge is -2.26. The molecule has 23 heavy (non-hydrogen) atoms. The van der Waals surface area contributed by atoms with Gasteiger partial charge in [0.25, 0.3) is 0 Å². The molecule has 1 rings (SSSR count). The highest BCUT2D eigenvalue weighted by molar-refractivity contribution is 5.99. The molecule has 0 aromatic rings. The second kappa shape index (κ2) is 7.99. The highest BCUT2D eigenvalue weighted by Gasteiger charge is 2.35. The molecule has 0 aromatic carbocycles. The topological polar surface area (TPSA) is 72.9 Å². The molecular weight excluding hydrogens is 322 g/mol. The van der Waals surface area contributed by atoms with Crippen molar-refractivity contribution in [1.82, 2.24) is 4.90 Å². The van der Waals surface area contributed by atoms with Crippen molar-refractivity contribution in [3.05, 3.63) is 0 Å². The Labute approximate surface area is 144 Å². The van der Waals surface area contributed by atoms with E-state index in [2.05, 4.69) is 0 Å². The Bertz CT molecular complexity index is 450. The monoisotopic (exact) mass is 349 g/mol. The van der Waals surface area contributed by atoms with Crippen LogP contribution in [0.1, 0.15) is 54.4 Å². The predicted molar refractivity (Wildman–Crippen MR) is 88.6 cm³/mol. The van der Waals surface area contributed by atoms with Crippen LogP contribution in [-0.2, 0) is 19.1 Å². The number of nitrogens with zero attached hydrogens (tertiary/aromatic N) is 1. The third-order valence-electron chi connectivity index (χ3n) is 3.05. The molecule has 1 fully saturated rings. The van der Waals surface area contributed by atoms with E-state index in [9.17, 15) is 14.4 Å². The van der Waals surface area contributed by atoms with Gasteiger partial charge in [-0.1, -0.05) is 0 Å². The number of rotatable bonds is 1. The number of halogens is 1. The summed E-state index contributed by atoms with van der Waals surface area (Å²) in [5.74, 6) is -1.49. The number of carbonyl (C=O) groups is 3. The van der Waals surface area contributed by atoms with Crippen molar-refractivity contribution >= 4 is 30.3 Å². The van der Waals surface area contributed by atoms with Crippen LogP contribution in [0.2, 0.25) is 0 Å². The fraction of sp³-hybridized carbons (Fsp3) is 0.812. The molecule has 0 saturated carbocycles. The molecule has 0 spiro atoms. The van der Waals surface area contributed by atoms with Crippen molar-refractivity contribution < 1.29 is 23.9 Å². The number of amides is 1. The maximum atomic E-state index is 12.1. The lowest BCUT2D eigenvalue weighted by atomic mass is 9.99. The number of ketones is 1. The molecule has 0 radical (unpaired) electrons. The fourth-order valence-corrected chi connectivity index (χ4v) is 2.11. The first-order valence-electron chi connectivity index (χ1n) is 7.62. The molecule has 1 amide bonds. The maximum absolute atomic E-state index is 12.1. The van der Waals surface area contributed by atoms with E-state index in [1.54, 1.807) is 41.5 Å². The first kappa shape index (κ1) is 21.7. The van der Waals surface area contributed by atoms with E-state index in [1.807, 2.05) is 0 Å². The van der Waals surface area contributed by atoms with Crippen LogP contribution in [-0.4, -0.2) is 47.0 Å². The van der Waals surface area contributed by atoms with Gasteiger partial charge in [-0.3, -0.25) is 9.59 Å². The molecule has 1 heterocycles. The predicted octanol–water partition coefficient (Wildman–Crippen LogP) is 2.97. The SMILES string of the molecule is CC(C)(C)OC(=O)C1CCN(C(=O)OC(C)(C)C)CCC1=O.Cl. The summed E-state index contributed by atoms with van der Waals surface area (Å²) >= 11 is 0. The summed E-state index contributed by atoms with van der Waals surface area (Å²) < 4.78 is 10.6. The van der Waals surface area contributed by atoms with E-state index in [0.717, 1.165) is 0 Å². The van der Waals surface area contributed by atoms with Gasteiger partial charge in [-0.05, 0) is 48.0 Å². The lowest BCUT2D eigenvalue weighted by Crippen LogP contribution is -2.37. The normalized spacial score (nSPS) is 19.5. The molecule has 134 valence electrons. The fourth-order valence-electron chi connectivity index (χ4n) is 2.11. The van der Waals surface area contributed by atoms with Gasteiger partial charge < -0.3 is 14.4 Å². The van der Waals surface area contributed by atoms with Crippen LogP contribution in [0.4, 0.5) is 4.79 Å². The summed E-state index contributed by atoms with van der Waals surface area (Å²) in [4.78, 5) is 37.8. The average molecular weight is 350 g/mol. The van der Waals surface area contributed by atoms with Crippen molar-refractivity contribution in [2.24, 2.45) is 5.92 Å². The van der Waals surface area contributed by atoms with Gasteiger partial charge in [0.15, 0.2) is 0 Å². The Hall–Kier alpha value is -1.30. The molecule has 6 nitrogen and oxygen atoms in total. The van der Waals surface area contributed by atoms with E-state index >= 15 is 0 Å². The largest absolute Gasteiger partial charge is 0.459 e. The molecule has 1 aliphatic rings. The maximum Gasteiger partial charge on any atom is 0.410 e. The highest BCUT2D eigenvalue weighted by Crippen LogP contribution is 2.20. The van der Waals surface area contributed by atoms with Gasteiger partial charge in [0.1, 0.15) is 22.9 Å². The van der Waals surface area contributed by atoms with Crippen LogP contribution < -0.4 is 0 Å². The van der Waals surface area contributed by atoms with E-state index < -0.39 is 29.2 Å². The number of Topliss-reactive ketones (excluding diaryl/α,β-unsaturated/α-hetero) is 1. The number of hydrogen-bond acceptors (Lipinski definition) is 5. The number of hydrogen-bond donors (Lipinski definition) is 0. The van der Waals surface area contributed by atoms with Crippen molar-refractivity contribution in [2.75, 3.05) is 13.1 Å². The number of esters is 1. The molecule has 0 N–H and O–H groups in total. The van der Waals surface area contributed by atoms with Crippen molar-refractivity contribution in [3.63, 3.8) is 0 Å².